The van der Waals surface area contributed by atoms with Crippen LogP contribution in [0.25, 0.3) is 11.8 Å². The molecule has 5 nitrogen and oxygen atoms in total. The lowest BCUT2D eigenvalue weighted by Gasteiger charge is -2.30. The van der Waals surface area contributed by atoms with E-state index >= 15 is 0 Å². The number of hydrogen-bond donors (Lipinski definition) is 0. The third-order valence-corrected chi connectivity index (χ3v) is 7.85. The molecule has 0 bridgehead atoms. The van der Waals surface area contributed by atoms with Gasteiger partial charge < -0.3 is 9.47 Å². The molecule has 1 atom stereocenters. The van der Waals surface area contributed by atoms with Gasteiger partial charge in [-0.2, -0.15) is 0 Å². The van der Waals surface area contributed by atoms with Gasteiger partial charge in [-0.15, -0.1) is 0 Å². The number of methoxy groups -OCH3 is 1. The molecule has 0 fully saturated rings. The number of allylic oxidation sites excluding steroid dienone is 1. The summed E-state index contributed by atoms with van der Waals surface area (Å²) in [5, 5.41) is 0. The van der Waals surface area contributed by atoms with Crippen LogP contribution in [0.1, 0.15) is 34.7 Å². The molecular formula is C31H26N2O3S. The normalized spacial score (nSPS) is 16.4. The fourth-order valence-corrected chi connectivity index (χ4v) is 6.12. The number of para-hydroxylation sites is 1. The van der Waals surface area contributed by atoms with Gasteiger partial charge in [0.1, 0.15) is 18.1 Å². The lowest BCUT2D eigenvalue weighted by molar-refractivity contribution is 0.362. The lowest BCUT2D eigenvalue weighted by Crippen LogP contribution is -2.38. The highest BCUT2D eigenvalue weighted by molar-refractivity contribution is 7.07. The fraction of sp³-hybridized carbons (Fsp3) is 0.161. The monoisotopic (exact) mass is 506 g/mol. The Morgan fingerprint density at radius 3 is 2.65 bits per heavy atom. The van der Waals surface area contributed by atoms with Gasteiger partial charge in [-0.3, -0.25) is 9.36 Å². The van der Waals surface area contributed by atoms with Crippen molar-refractivity contribution in [2.24, 2.45) is 4.99 Å². The lowest BCUT2D eigenvalue weighted by atomic mass is 9.83. The molecule has 0 spiro atoms. The van der Waals surface area contributed by atoms with Gasteiger partial charge in [0.2, 0.25) is 0 Å². The van der Waals surface area contributed by atoms with Gasteiger partial charge in [-0.05, 0) is 53.8 Å². The Morgan fingerprint density at radius 1 is 1.05 bits per heavy atom. The second kappa shape index (κ2) is 9.71. The molecule has 2 aliphatic rings. The molecule has 37 heavy (non-hydrogen) atoms. The van der Waals surface area contributed by atoms with E-state index in [4.69, 9.17) is 14.5 Å². The van der Waals surface area contributed by atoms with Crippen LogP contribution in [0.2, 0.25) is 0 Å². The van der Waals surface area contributed by atoms with Crippen molar-refractivity contribution in [1.82, 2.24) is 4.57 Å². The van der Waals surface area contributed by atoms with Crippen LogP contribution in [0.15, 0.2) is 101 Å². The van der Waals surface area contributed by atoms with Gasteiger partial charge in [-0.25, -0.2) is 4.99 Å². The Bertz CT molecular complexity index is 1710. The average Bonchev–Trinajstić information content (AvgIpc) is 3.25. The van der Waals surface area contributed by atoms with Gasteiger partial charge >= 0.3 is 0 Å². The molecule has 0 amide bonds. The highest BCUT2D eigenvalue weighted by Crippen LogP contribution is 2.41. The molecule has 1 aliphatic heterocycles. The number of aryl methyl sites for hydroxylation is 1. The summed E-state index contributed by atoms with van der Waals surface area (Å²) in [6, 6.07) is 24.0. The van der Waals surface area contributed by atoms with Gasteiger partial charge in [0.15, 0.2) is 4.80 Å². The van der Waals surface area contributed by atoms with E-state index in [1.54, 1.807) is 13.2 Å². The smallest absolute Gasteiger partial charge is 0.271 e. The van der Waals surface area contributed by atoms with Crippen LogP contribution in [0.4, 0.5) is 0 Å². The van der Waals surface area contributed by atoms with Crippen molar-refractivity contribution in [2.75, 3.05) is 13.7 Å². The van der Waals surface area contributed by atoms with E-state index in [9.17, 15) is 4.79 Å². The predicted octanol–water partition coefficient (Wildman–Crippen LogP) is 4.89. The molecule has 0 radical (unpaired) electrons. The van der Waals surface area contributed by atoms with E-state index < -0.39 is 0 Å². The van der Waals surface area contributed by atoms with E-state index in [0.717, 1.165) is 41.0 Å². The Kier molecular flexibility index (Phi) is 6.10. The molecule has 6 rings (SSSR count). The molecule has 6 heteroatoms. The Hall–Kier alpha value is -4.16. The van der Waals surface area contributed by atoms with E-state index in [-0.39, 0.29) is 11.6 Å². The Balaban J connectivity index is 1.57. The van der Waals surface area contributed by atoms with Gasteiger partial charge in [-0.1, -0.05) is 78.6 Å². The van der Waals surface area contributed by atoms with Crippen LogP contribution in [0.5, 0.6) is 11.5 Å². The summed E-state index contributed by atoms with van der Waals surface area (Å²) < 4.78 is 13.7. The Morgan fingerprint density at radius 2 is 1.84 bits per heavy atom. The van der Waals surface area contributed by atoms with Gasteiger partial charge in [0.25, 0.3) is 5.56 Å². The number of aromatic nitrogens is 1. The van der Waals surface area contributed by atoms with Crippen LogP contribution >= 0.6 is 11.3 Å². The SMILES string of the molecule is C=CCOc1ccccc1/C=c1\sc2n(c1=O)[C@H](c1ccc(OC)cc1)C1=C(N=2)c2ccccc2CC1. The topological polar surface area (TPSA) is 52.8 Å². The van der Waals surface area contributed by atoms with Crippen LogP contribution < -0.4 is 24.4 Å². The van der Waals surface area contributed by atoms with E-state index in [2.05, 4.69) is 43.0 Å². The third kappa shape index (κ3) is 4.13. The average molecular weight is 507 g/mol. The molecule has 0 saturated carbocycles. The molecule has 3 aromatic carbocycles. The molecular weight excluding hydrogens is 480 g/mol. The number of ether oxygens (including phenoxy) is 2. The molecule has 4 aromatic rings. The summed E-state index contributed by atoms with van der Waals surface area (Å²) >= 11 is 1.42. The summed E-state index contributed by atoms with van der Waals surface area (Å²) in [5.74, 6) is 1.50. The zero-order chi connectivity index (χ0) is 25.4. The summed E-state index contributed by atoms with van der Waals surface area (Å²) in [7, 11) is 1.66. The zero-order valence-corrected chi connectivity index (χ0v) is 21.3. The van der Waals surface area contributed by atoms with Crippen LogP contribution in [-0.4, -0.2) is 18.3 Å². The summed E-state index contributed by atoms with van der Waals surface area (Å²) in [5.41, 5.74) is 6.47. The Labute approximate surface area is 219 Å². The summed E-state index contributed by atoms with van der Waals surface area (Å²) in [6.45, 7) is 4.13. The number of rotatable bonds is 6. The van der Waals surface area contributed by atoms with Gasteiger partial charge in [0, 0.05) is 11.1 Å². The quantitative estimate of drug-likeness (QED) is 0.350. The fourth-order valence-electron chi connectivity index (χ4n) is 5.13. The minimum Gasteiger partial charge on any atom is -0.497 e. The number of hydrogen-bond acceptors (Lipinski definition) is 5. The largest absolute Gasteiger partial charge is 0.497 e. The molecule has 1 aliphatic carbocycles. The molecule has 2 heterocycles. The first-order valence-corrected chi connectivity index (χ1v) is 13.1. The number of thiazole rings is 1. The maximum atomic E-state index is 13.9. The first-order valence-electron chi connectivity index (χ1n) is 12.3. The molecule has 0 unspecified atom stereocenters. The molecule has 0 N–H and O–H groups in total. The number of benzene rings is 3. The zero-order valence-electron chi connectivity index (χ0n) is 20.5. The first kappa shape index (κ1) is 23.3. The van der Waals surface area contributed by atoms with Crippen LogP contribution in [0.3, 0.4) is 0 Å². The second-order valence-corrected chi connectivity index (χ2v) is 10.0. The maximum absolute atomic E-state index is 13.9. The van der Waals surface area contributed by atoms with Crippen molar-refractivity contribution in [2.45, 2.75) is 18.9 Å². The minimum atomic E-state index is -0.222. The summed E-state index contributed by atoms with van der Waals surface area (Å²) in [4.78, 5) is 19.7. The maximum Gasteiger partial charge on any atom is 0.271 e. The highest BCUT2D eigenvalue weighted by Gasteiger charge is 2.32. The summed E-state index contributed by atoms with van der Waals surface area (Å²) in [6.07, 6.45) is 5.40. The third-order valence-electron chi connectivity index (χ3n) is 6.87. The van der Waals surface area contributed by atoms with Crippen molar-refractivity contribution in [3.05, 3.63) is 133 Å². The standard InChI is InChI=1S/C31H26N2O3S/c1-3-18-36-26-11-7-5-9-22(26)19-27-30(34)33-29(21-12-15-23(35-2)16-13-21)25-17-14-20-8-4-6-10-24(20)28(25)32-31(33)37-27/h3-13,15-16,19,29H,1,14,17-18H2,2H3/b27-19-/t29-/m1/s1. The molecule has 0 saturated heterocycles. The molecule has 1 aromatic heterocycles. The van der Waals surface area contributed by atoms with Crippen LogP contribution in [0, 0.1) is 0 Å². The predicted molar refractivity (Wildman–Crippen MR) is 148 cm³/mol. The first-order chi connectivity index (χ1) is 18.2. The number of fused-ring (bicyclic) bond motifs is 3. The van der Waals surface area contributed by atoms with Crippen molar-refractivity contribution < 1.29 is 9.47 Å². The van der Waals surface area contributed by atoms with Crippen molar-refractivity contribution in [3.63, 3.8) is 0 Å². The highest BCUT2D eigenvalue weighted by atomic mass is 32.1. The van der Waals surface area contributed by atoms with Crippen molar-refractivity contribution in [3.8, 4) is 11.5 Å². The number of nitrogens with zero attached hydrogens (tertiary/aromatic N) is 2. The van der Waals surface area contributed by atoms with E-state index in [1.807, 2.05) is 47.0 Å². The van der Waals surface area contributed by atoms with E-state index in [0.29, 0.717) is 21.7 Å². The van der Waals surface area contributed by atoms with Crippen LogP contribution in [-0.2, 0) is 6.42 Å². The second-order valence-electron chi connectivity index (χ2n) is 9.02. The van der Waals surface area contributed by atoms with Crippen molar-refractivity contribution in [1.29, 1.82) is 0 Å². The van der Waals surface area contributed by atoms with Crippen molar-refractivity contribution >= 4 is 23.1 Å². The minimum absolute atomic E-state index is 0.0477. The van der Waals surface area contributed by atoms with Gasteiger partial charge in [0.05, 0.1) is 23.4 Å². The molecule has 184 valence electrons. The van der Waals surface area contributed by atoms with E-state index in [1.165, 1.54) is 22.5 Å².